The molecule has 1 saturated heterocycles. The Labute approximate surface area is 179 Å². The van der Waals surface area contributed by atoms with Crippen LogP contribution in [-0.4, -0.2) is 41.6 Å². The van der Waals surface area contributed by atoms with Crippen LogP contribution in [0.5, 0.6) is 0 Å². The number of thiazole rings is 1. The second kappa shape index (κ2) is 9.63. The molecule has 4 rings (SSSR count). The van der Waals surface area contributed by atoms with Gasteiger partial charge < -0.3 is 10.1 Å². The monoisotopic (exact) mass is 427 g/mol. The number of nitrogens with zero attached hydrogens (tertiary/aromatic N) is 2. The van der Waals surface area contributed by atoms with E-state index < -0.39 is 0 Å². The van der Waals surface area contributed by atoms with Crippen molar-refractivity contribution in [2.24, 2.45) is 0 Å². The second-order valence-electron chi connectivity index (χ2n) is 7.31. The molecule has 0 saturated carbocycles. The van der Waals surface area contributed by atoms with Gasteiger partial charge in [0.1, 0.15) is 5.01 Å². The Morgan fingerprint density at radius 2 is 2.17 bits per heavy atom. The topological polar surface area (TPSA) is 54.5 Å². The number of thiophene rings is 1. The SMILES string of the molecule is CC1CN(Cc2cccc(CNC(=O)Cc3csc(-c4cccs4)n3)c2)CCO1. The van der Waals surface area contributed by atoms with Crippen LogP contribution in [0.15, 0.2) is 47.2 Å². The van der Waals surface area contributed by atoms with Crippen LogP contribution in [0.3, 0.4) is 0 Å². The summed E-state index contributed by atoms with van der Waals surface area (Å²) in [4.78, 5) is 20.5. The van der Waals surface area contributed by atoms with E-state index in [0.717, 1.165) is 47.4 Å². The van der Waals surface area contributed by atoms with Gasteiger partial charge in [-0.1, -0.05) is 30.3 Å². The van der Waals surface area contributed by atoms with E-state index in [-0.39, 0.29) is 12.0 Å². The normalized spacial score (nSPS) is 17.3. The van der Waals surface area contributed by atoms with Crippen molar-refractivity contribution in [1.29, 1.82) is 0 Å². The lowest BCUT2D eigenvalue weighted by Crippen LogP contribution is -2.40. The van der Waals surface area contributed by atoms with E-state index in [1.54, 1.807) is 22.7 Å². The quantitative estimate of drug-likeness (QED) is 0.620. The third kappa shape index (κ3) is 5.73. The number of amides is 1. The summed E-state index contributed by atoms with van der Waals surface area (Å²) >= 11 is 3.25. The van der Waals surface area contributed by atoms with E-state index in [1.807, 2.05) is 16.8 Å². The van der Waals surface area contributed by atoms with Gasteiger partial charge in [-0.3, -0.25) is 9.69 Å². The fourth-order valence-electron chi connectivity index (χ4n) is 3.46. The van der Waals surface area contributed by atoms with Gasteiger partial charge in [-0.25, -0.2) is 4.98 Å². The minimum atomic E-state index is 0.000404. The molecule has 0 radical (unpaired) electrons. The first-order chi connectivity index (χ1) is 14.2. The number of hydrogen-bond donors (Lipinski definition) is 1. The number of ether oxygens (including phenoxy) is 1. The van der Waals surface area contributed by atoms with Gasteiger partial charge in [0.2, 0.25) is 5.91 Å². The summed E-state index contributed by atoms with van der Waals surface area (Å²) in [5.74, 6) is 0.000404. The number of benzene rings is 1. The molecule has 1 unspecified atom stereocenters. The van der Waals surface area contributed by atoms with Gasteiger partial charge in [0, 0.05) is 31.6 Å². The Balaban J connectivity index is 1.28. The molecule has 3 aromatic rings. The largest absolute Gasteiger partial charge is 0.376 e. The first kappa shape index (κ1) is 20.2. The summed E-state index contributed by atoms with van der Waals surface area (Å²) < 4.78 is 5.61. The van der Waals surface area contributed by atoms with Crippen LogP contribution in [0.25, 0.3) is 9.88 Å². The van der Waals surface area contributed by atoms with Crippen LogP contribution in [0.4, 0.5) is 0 Å². The molecule has 1 amide bonds. The van der Waals surface area contributed by atoms with E-state index in [0.29, 0.717) is 13.0 Å². The fraction of sp³-hybridized carbons (Fsp3) is 0.364. The number of carbonyl (C=O) groups is 1. The number of hydrogen-bond acceptors (Lipinski definition) is 6. The van der Waals surface area contributed by atoms with Crippen molar-refractivity contribution in [1.82, 2.24) is 15.2 Å². The van der Waals surface area contributed by atoms with E-state index in [1.165, 1.54) is 5.56 Å². The number of rotatable bonds is 7. The second-order valence-corrected chi connectivity index (χ2v) is 9.12. The zero-order valence-corrected chi connectivity index (χ0v) is 18.1. The molecule has 1 aromatic carbocycles. The molecular formula is C22H25N3O2S2. The van der Waals surface area contributed by atoms with E-state index >= 15 is 0 Å². The molecule has 1 N–H and O–H groups in total. The van der Waals surface area contributed by atoms with E-state index in [4.69, 9.17) is 4.74 Å². The Hall–Kier alpha value is -2.06. The predicted molar refractivity (Wildman–Crippen MR) is 118 cm³/mol. The summed E-state index contributed by atoms with van der Waals surface area (Å²) in [5, 5.41) is 8.01. The predicted octanol–water partition coefficient (Wildman–Crippen LogP) is 3.95. The minimum Gasteiger partial charge on any atom is -0.376 e. The molecule has 2 aromatic heterocycles. The third-order valence-electron chi connectivity index (χ3n) is 4.84. The van der Waals surface area contributed by atoms with Gasteiger partial charge in [-0.15, -0.1) is 22.7 Å². The van der Waals surface area contributed by atoms with Crippen molar-refractivity contribution in [3.63, 3.8) is 0 Å². The van der Waals surface area contributed by atoms with Gasteiger partial charge in [0.05, 0.1) is 29.7 Å². The third-order valence-corrected chi connectivity index (χ3v) is 6.77. The van der Waals surface area contributed by atoms with Crippen molar-refractivity contribution in [3.8, 4) is 9.88 Å². The maximum atomic E-state index is 12.4. The Morgan fingerprint density at radius 3 is 3.00 bits per heavy atom. The van der Waals surface area contributed by atoms with Gasteiger partial charge >= 0.3 is 0 Å². The summed E-state index contributed by atoms with van der Waals surface area (Å²) in [6.45, 7) is 6.29. The van der Waals surface area contributed by atoms with Crippen LogP contribution >= 0.6 is 22.7 Å². The number of aromatic nitrogens is 1. The summed E-state index contributed by atoms with van der Waals surface area (Å²) in [6.07, 6.45) is 0.602. The highest BCUT2D eigenvalue weighted by molar-refractivity contribution is 7.20. The first-order valence-electron chi connectivity index (χ1n) is 9.82. The molecule has 1 aliphatic rings. The van der Waals surface area contributed by atoms with Gasteiger partial charge in [0.25, 0.3) is 0 Å². The number of morpholine rings is 1. The van der Waals surface area contributed by atoms with Crippen molar-refractivity contribution < 1.29 is 9.53 Å². The lowest BCUT2D eigenvalue weighted by Gasteiger charge is -2.31. The Morgan fingerprint density at radius 1 is 1.28 bits per heavy atom. The van der Waals surface area contributed by atoms with E-state index in [2.05, 4.69) is 52.5 Å². The molecule has 7 heteroatoms. The summed E-state index contributed by atoms with van der Waals surface area (Å²) in [6, 6.07) is 12.5. The molecule has 0 bridgehead atoms. The first-order valence-corrected chi connectivity index (χ1v) is 11.6. The van der Waals surface area contributed by atoms with Gasteiger partial charge in [0.15, 0.2) is 0 Å². The van der Waals surface area contributed by atoms with Crippen molar-refractivity contribution in [2.45, 2.75) is 32.5 Å². The van der Waals surface area contributed by atoms with Crippen LogP contribution in [-0.2, 0) is 29.0 Å². The molecule has 1 aliphatic heterocycles. The molecule has 3 heterocycles. The molecule has 1 atom stereocenters. The maximum Gasteiger partial charge on any atom is 0.226 e. The zero-order valence-electron chi connectivity index (χ0n) is 16.5. The summed E-state index contributed by atoms with van der Waals surface area (Å²) in [5.41, 5.74) is 3.21. The molecule has 29 heavy (non-hydrogen) atoms. The zero-order chi connectivity index (χ0) is 20.1. The van der Waals surface area contributed by atoms with Crippen LogP contribution in [0.1, 0.15) is 23.7 Å². The highest BCUT2D eigenvalue weighted by Crippen LogP contribution is 2.27. The highest BCUT2D eigenvalue weighted by atomic mass is 32.1. The lowest BCUT2D eigenvalue weighted by molar-refractivity contribution is -0.120. The highest BCUT2D eigenvalue weighted by Gasteiger charge is 2.16. The molecular weight excluding hydrogens is 402 g/mol. The van der Waals surface area contributed by atoms with Crippen LogP contribution < -0.4 is 5.32 Å². The minimum absolute atomic E-state index is 0.000404. The maximum absolute atomic E-state index is 12.4. The standard InChI is InChI=1S/C22H25N3O2S2/c1-16-13-25(7-8-27-16)14-18-5-2-4-17(10-18)12-23-21(26)11-19-15-29-22(24-19)20-6-3-9-28-20/h2-6,9-10,15-16H,7-8,11-14H2,1H3,(H,23,26). The molecule has 5 nitrogen and oxygen atoms in total. The summed E-state index contributed by atoms with van der Waals surface area (Å²) in [7, 11) is 0. The number of carbonyl (C=O) groups excluding carboxylic acids is 1. The molecule has 0 aliphatic carbocycles. The smallest absolute Gasteiger partial charge is 0.226 e. The molecule has 152 valence electrons. The average molecular weight is 428 g/mol. The van der Waals surface area contributed by atoms with Gasteiger partial charge in [-0.05, 0) is 29.5 Å². The van der Waals surface area contributed by atoms with Gasteiger partial charge in [-0.2, -0.15) is 0 Å². The lowest BCUT2D eigenvalue weighted by atomic mass is 10.1. The number of nitrogens with one attached hydrogen (secondary N) is 1. The fourth-order valence-corrected chi connectivity index (χ4v) is 5.09. The molecule has 0 spiro atoms. The van der Waals surface area contributed by atoms with Crippen LogP contribution in [0.2, 0.25) is 0 Å². The van der Waals surface area contributed by atoms with E-state index in [9.17, 15) is 4.79 Å². The Bertz CT molecular complexity index is 939. The van der Waals surface area contributed by atoms with Crippen molar-refractivity contribution >= 4 is 28.6 Å². The Kier molecular flexibility index (Phi) is 6.71. The van der Waals surface area contributed by atoms with Crippen molar-refractivity contribution in [2.75, 3.05) is 19.7 Å². The van der Waals surface area contributed by atoms with Crippen molar-refractivity contribution in [3.05, 3.63) is 64.0 Å². The van der Waals surface area contributed by atoms with Crippen LogP contribution in [0, 0.1) is 0 Å². The molecule has 1 fully saturated rings. The average Bonchev–Trinajstić information content (AvgIpc) is 3.38.